The summed E-state index contributed by atoms with van der Waals surface area (Å²) in [6, 6.07) is 6.09. The molecule has 0 aliphatic rings. The maximum absolute atomic E-state index is 5.79. The molecular formula is C12H15ClN2. The van der Waals surface area contributed by atoms with Gasteiger partial charge in [0.05, 0.1) is 11.0 Å². The molecule has 0 aliphatic carbocycles. The highest BCUT2D eigenvalue weighted by molar-refractivity contribution is 6.17. The summed E-state index contributed by atoms with van der Waals surface area (Å²) in [5.74, 6) is 1.56. The number of alkyl halides is 1. The zero-order valence-corrected chi connectivity index (χ0v) is 10.0. The maximum atomic E-state index is 5.79. The molecule has 15 heavy (non-hydrogen) atoms. The number of aromatic amines is 1. The first-order valence-electron chi connectivity index (χ1n) is 5.06. The van der Waals surface area contributed by atoms with E-state index in [0.29, 0.717) is 5.88 Å². The molecule has 0 saturated carbocycles. The molecule has 0 amide bonds. The monoisotopic (exact) mass is 222 g/mol. The number of aromatic nitrogens is 2. The van der Waals surface area contributed by atoms with E-state index in [2.05, 4.69) is 36.8 Å². The van der Waals surface area contributed by atoms with Gasteiger partial charge in [-0.2, -0.15) is 0 Å². The SMILES string of the molecule is CC(C)(C)c1nc2ccc(CCl)cc2[nH]1. The van der Waals surface area contributed by atoms with Gasteiger partial charge < -0.3 is 4.98 Å². The Hall–Kier alpha value is -1.02. The standard InChI is InChI=1S/C12H15ClN2/c1-12(2,3)11-14-9-5-4-8(7-13)6-10(9)15-11/h4-6H,7H2,1-3H3,(H,14,15). The van der Waals surface area contributed by atoms with Crippen molar-refractivity contribution >= 4 is 22.6 Å². The van der Waals surface area contributed by atoms with E-state index in [4.69, 9.17) is 11.6 Å². The van der Waals surface area contributed by atoms with Crippen LogP contribution in [0.1, 0.15) is 32.2 Å². The van der Waals surface area contributed by atoms with Crippen LogP contribution in [0.15, 0.2) is 18.2 Å². The zero-order chi connectivity index (χ0) is 11.1. The largest absolute Gasteiger partial charge is 0.342 e. The smallest absolute Gasteiger partial charge is 0.112 e. The van der Waals surface area contributed by atoms with Crippen LogP contribution in [0.2, 0.25) is 0 Å². The molecule has 1 heterocycles. The quantitative estimate of drug-likeness (QED) is 0.734. The number of H-pyrrole nitrogens is 1. The van der Waals surface area contributed by atoms with Gasteiger partial charge in [0.2, 0.25) is 0 Å². The molecule has 0 spiro atoms. The Labute approximate surface area is 94.7 Å². The number of nitrogens with one attached hydrogen (secondary N) is 1. The van der Waals surface area contributed by atoms with Crippen LogP contribution in [0.5, 0.6) is 0 Å². The van der Waals surface area contributed by atoms with Gasteiger partial charge in [-0.1, -0.05) is 26.8 Å². The van der Waals surface area contributed by atoms with Gasteiger partial charge in [0.1, 0.15) is 5.82 Å². The van der Waals surface area contributed by atoms with E-state index in [1.54, 1.807) is 0 Å². The summed E-state index contributed by atoms with van der Waals surface area (Å²) in [4.78, 5) is 7.90. The number of benzene rings is 1. The molecule has 1 aromatic heterocycles. The molecule has 0 bridgehead atoms. The molecule has 0 atom stereocenters. The minimum atomic E-state index is 0.0557. The van der Waals surface area contributed by atoms with Crippen LogP contribution in [0.25, 0.3) is 11.0 Å². The first-order chi connectivity index (χ1) is 7.00. The zero-order valence-electron chi connectivity index (χ0n) is 9.26. The van der Waals surface area contributed by atoms with Crippen molar-refractivity contribution < 1.29 is 0 Å². The van der Waals surface area contributed by atoms with Crippen molar-refractivity contribution in [3.05, 3.63) is 29.6 Å². The van der Waals surface area contributed by atoms with E-state index in [1.165, 1.54) is 0 Å². The van der Waals surface area contributed by atoms with Crippen LogP contribution in [0.4, 0.5) is 0 Å². The number of fused-ring (bicyclic) bond motifs is 1. The fraction of sp³-hybridized carbons (Fsp3) is 0.417. The third-order valence-electron chi connectivity index (χ3n) is 2.41. The molecule has 1 aromatic carbocycles. The van der Waals surface area contributed by atoms with E-state index in [1.807, 2.05) is 12.1 Å². The van der Waals surface area contributed by atoms with Crippen molar-refractivity contribution in [1.82, 2.24) is 9.97 Å². The number of nitrogens with zero attached hydrogens (tertiary/aromatic N) is 1. The number of halogens is 1. The molecular weight excluding hydrogens is 208 g/mol. The summed E-state index contributed by atoms with van der Waals surface area (Å²) in [6.07, 6.45) is 0. The minimum Gasteiger partial charge on any atom is -0.342 e. The summed E-state index contributed by atoms with van der Waals surface area (Å²) in [5, 5.41) is 0. The van der Waals surface area contributed by atoms with Gasteiger partial charge in [-0.15, -0.1) is 11.6 Å². The normalized spacial score (nSPS) is 12.3. The van der Waals surface area contributed by atoms with Crippen LogP contribution in [-0.4, -0.2) is 9.97 Å². The van der Waals surface area contributed by atoms with Gasteiger partial charge in [0.25, 0.3) is 0 Å². The fourth-order valence-corrected chi connectivity index (χ4v) is 1.66. The summed E-state index contributed by atoms with van der Waals surface area (Å²) in [6.45, 7) is 6.44. The number of rotatable bonds is 1. The van der Waals surface area contributed by atoms with E-state index in [9.17, 15) is 0 Å². The van der Waals surface area contributed by atoms with Gasteiger partial charge >= 0.3 is 0 Å². The Morgan fingerprint density at radius 1 is 1.33 bits per heavy atom. The minimum absolute atomic E-state index is 0.0557. The molecule has 1 N–H and O–H groups in total. The molecule has 0 unspecified atom stereocenters. The van der Waals surface area contributed by atoms with Gasteiger partial charge in [0.15, 0.2) is 0 Å². The Morgan fingerprint density at radius 3 is 2.67 bits per heavy atom. The van der Waals surface area contributed by atoms with E-state index >= 15 is 0 Å². The second kappa shape index (κ2) is 3.53. The topological polar surface area (TPSA) is 28.7 Å². The van der Waals surface area contributed by atoms with Crippen LogP contribution in [0, 0.1) is 0 Å². The lowest BCUT2D eigenvalue weighted by atomic mass is 9.96. The van der Waals surface area contributed by atoms with E-state index in [0.717, 1.165) is 22.4 Å². The average molecular weight is 223 g/mol. The van der Waals surface area contributed by atoms with Crippen LogP contribution >= 0.6 is 11.6 Å². The summed E-state index contributed by atoms with van der Waals surface area (Å²) in [7, 11) is 0. The highest BCUT2D eigenvalue weighted by Gasteiger charge is 2.17. The third kappa shape index (κ3) is 2.00. The molecule has 0 aliphatic heterocycles. The lowest BCUT2D eigenvalue weighted by molar-refractivity contribution is 0.554. The molecule has 2 aromatic rings. The van der Waals surface area contributed by atoms with E-state index in [-0.39, 0.29) is 5.41 Å². The predicted molar refractivity (Wildman–Crippen MR) is 64.4 cm³/mol. The number of imidazole rings is 1. The maximum Gasteiger partial charge on any atom is 0.112 e. The van der Waals surface area contributed by atoms with Crippen molar-refractivity contribution in [3.63, 3.8) is 0 Å². The Balaban J connectivity index is 2.56. The van der Waals surface area contributed by atoms with Crippen molar-refractivity contribution in [2.75, 3.05) is 0 Å². The number of hydrogen-bond donors (Lipinski definition) is 1. The van der Waals surface area contributed by atoms with Crippen molar-refractivity contribution in [2.45, 2.75) is 32.1 Å². The molecule has 0 fully saturated rings. The Kier molecular flexibility index (Phi) is 2.47. The van der Waals surface area contributed by atoms with Crippen molar-refractivity contribution in [1.29, 1.82) is 0 Å². The Bertz CT molecular complexity index is 480. The Morgan fingerprint density at radius 2 is 2.07 bits per heavy atom. The van der Waals surface area contributed by atoms with E-state index < -0.39 is 0 Å². The average Bonchev–Trinajstić information content (AvgIpc) is 2.59. The fourth-order valence-electron chi connectivity index (χ4n) is 1.50. The molecule has 3 heteroatoms. The predicted octanol–water partition coefficient (Wildman–Crippen LogP) is 3.60. The number of hydrogen-bond acceptors (Lipinski definition) is 1. The highest BCUT2D eigenvalue weighted by atomic mass is 35.5. The third-order valence-corrected chi connectivity index (χ3v) is 2.72. The second-order valence-corrected chi connectivity index (χ2v) is 5.09. The first-order valence-corrected chi connectivity index (χ1v) is 5.59. The molecule has 0 radical (unpaired) electrons. The molecule has 0 saturated heterocycles. The first kappa shape index (κ1) is 10.5. The van der Waals surface area contributed by atoms with Gasteiger partial charge in [0, 0.05) is 11.3 Å². The molecule has 2 rings (SSSR count). The lowest BCUT2D eigenvalue weighted by Crippen LogP contribution is -2.12. The van der Waals surface area contributed by atoms with Crippen LogP contribution in [0.3, 0.4) is 0 Å². The van der Waals surface area contributed by atoms with Crippen LogP contribution < -0.4 is 0 Å². The lowest BCUT2D eigenvalue weighted by Gasteiger charge is -2.13. The van der Waals surface area contributed by atoms with Gasteiger partial charge in [-0.25, -0.2) is 4.98 Å². The van der Waals surface area contributed by atoms with Crippen molar-refractivity contribution in [3.8, 4) is 0 Å². The second-order valence-electron chi connectivity index (χ2n) is 4.82. The summed E-state index contributed by atoms with van der Waals surface area (Å²) >= 11 is 5.79. The van der Waals surface area contributed by atoms with Gasteiger partial charge in [-0.05, 0) is 17.7 Å². The van der Waals surface area contributed by atoms with Crippen molar-refractivity contribution in [2.24, 2.45) is 0 Å². The van der Waals surface area contributed by atoms with Gasteiger partial charge in [-0.3, -0.25) is 0 Å². The molecule has 80 valence electrons. The van der Waals surface area contributed by atoms with Crippen LogP contribution in [-0.2, 0) is 11.3 Å². The highest BCUT2D eigenvalue weighted by Crippen LogP contribution is 2.23. The molecule has 2 nitrogen and oxygen atoms in total. The summed E-state index contributed by atoms with van der Waals surface area (Å²) in [5.41, 5.74) is 3.25. The summed E-state index contributed by atoms with van der Waals surface area (Å²) < 4.78 is 0.